The van der Waals surface area contributed by atoms with Crippen LogP contribution >= 0.6 is 38.5 Å². The van der Waals surface area contributed by atoms with Crippen LogP contribution in [0.25, 0.3) is 0 Å². The largest absolute Gasteiger partial charge is 0.322 e. The molecule has 1 amide bonds. The first-order valence-corrected chi connectivity index (χ1v) is 7.68. The molecule has 0 heterocycles. The summed E-state index contributed by atoms with van der Waals surface area (Å²) in [6, 6.07) is 11.5. The third kappa shape index (κ3) is 3.57. The molecule has 0 aliphatic carbocycles. The molecule has 0 bridgehead atoms. The van der Waals surface area contributed by atoms with Crippen LogP contribution in [0.15, 0.2) is 40.9 Å². The van der Waals surface area contributed by atoms with E-state index in [0.29, 0.717) is 5.56 Å². The number of hydrogen-bond acceptors (Lipinski definition) is 1. The fourth-order valence-electron chi connectivity index (χ4n) is 1.61. The van der Waals surface area contributed by atoms with Gasteiger partial charge >= 0.3 is 0 Å². The Kier molecular flexibility index (Phi) is 4.62. The van der Waals surface area contributed by atoms with E-state index in [1.165, 1.54) is 5.56 Å². The van der Waals surface area contributed by atoms with Crippen LogP contribution in [0.2, 0.25) is 0 Å². The third-order valence-electron chi connectivity index (χ3n) is 2.86. The quantitative estimate of drug-likeness (QED) is 0.674. The van der Waals surface area contributed by atoms with Gasteiger partial charge in [-0.25, -0.2) is 0 Å². The summed E-state index contributed by atoms with van der Waals surface area (Å²) < 4.78 is 2.08. The summed E-state index contributed by atoms with van der Waals surface area (Å²) in [5.41, 5.74) is 3.78. The summed E-state index contributed by atoms with van der Waals surface area (Å²) in [5.74, 6) is -0.0969. The van der Waals surface area contributed by atoms with E-state index in [-0.39, 0.29) is 5.91 Å². The highest BCUT2D eigenvalue weighted by Gasteiger charge is 2.08. The first-order chi connectivity index (χ1) is 8.97. The molecule has 0 radical (unpaired) electrons. The number of hydrogen-bond donors (Lipinski definition) is 1. The Bertz CT molecular complexity index is 640. The molecule has 2 rings (SSSR count). The molecule has 19 heavy (non-hydrogen) atoms. The molecule has 0 fully saturated rings. The number of anilines is 1. The van der Waals surface area contributed by atoms with Gasteiger partial charge in [0.25, 0.3) is 5.91 Å². The van der Waals surface area contributed by atoms with Crippen LogP contribution in [0, 0.1) is 17.4 Å². The molecule has 2 nitrogen and oxygen atoms in total. The maximum atomic E-state index is 12.1. The van der Waals surface area contributed by atoms with Gasteiger partial charge in [-0.2, -0.15) is 0 Å². The molecule has 0 aromatic heterocycles. The van der Waals surface area contributed by atoms with Crippen molar-refractivity contribution >= 4 is 50.1 Å². The van der Waals surface area contributed by atoms with Crippen LogP contribution < -0.4 is 5.32 Å². The molecule has 0 atom stereocenters. The summed E-state index contributed by atoms with van der Waals surface area (Å²) >= 11 is 5.70. The topological polar surface area (TPSA) is 29.1 Å². The number of halogens is 2. The molecule has 2 aromatic rings. The Hall–Kier alpha value is -0.880. The molecule has 0 saturated carbocycles. The molecule has 1 N–H and O–H groups in total. The lowest BCUT2D eigenvalue weighted by molar-refractivity contribution is 0.102. The average Bonchev–Trinajstić information content (AvgIpc) is 2.37. The van der Waals surface area contributed by atoms with E-state index in [0.717, 1.165) is 19.3 Å². The normalized spacial score (nSPS) is 10.3. The Morgan fingerprint density at radius 1 is 1.11 bits per heavy atom. The van der Waals surface area contributed by atoms with E-state index in [1.807, 2.05) is 50.2 Å². The zero-order chi connectivity index (χ0) is 14.0. The molecule has 0 saturated heterocycles. The molecule has 4 heteroatoms. The highest BCUT2D eigenvalue weighted by molar-refractivity contribution is 14.1. The van der Waals surface area contributed by atoms with Gasteiger partial charge in [-0.3, -0.25) is 4.79 Å². The lowest BCUT2D eigenvalue weighted by Gasteiger charge is -2.08. The maximum Gasteiger partial charge on any atom is 0.255 e. The minimum atomic E-state index is -0.0969. The first-order valence-electron chi connectivity index (χ1n) is 5.81. The summed E-state index contributed by atoms with van der Waals surface area (Å²) in [6.45, 7) is 4.04. The van der Waals surface area contributed by atoms with Crippen molar-refractivity contribution in [1.29, 1.82) is 0 Å². The van der Waals surface area contributed by atoms with Crippen LogP contribution in [0.3, 0.4) is 0 Å². The van der Waals surface area contributed by atoms with E-state index in [1.54, 1.807) is 0 Å². The number of amides is 1. The number of carbonyl (C=O) groups excluding carboxylic acids is 1. The van der Waals surface area contributed by atoms with Crippen molar-refractivity contribution in [3.05, 3.63) is 61.1 Å². The van der Waals surface area contributed by atoms with Crippen LogP contribution in [-0.4, -0.2) is 5.91 Å². The van der Waals surface area contributed by atoms with Crippen molar-refractivity contribution < 1.29 is 4.79 Å². The van der Waals surface area contributed by atoms with Gasteiger partial charge in [-0.1, -0.05) is 28.1 Å². The van der Waals surface area contributed by atoms with Crippen LogP contribution in [0.4, 0.5) is 5.69 Å². The second kappa shape index (κ2) is 6.05. The maximum absolute atomic E-state index is 12.1. The Labute approximate surface area is 134 Å². The average molecular weight is 430 g/mol. The SMILES string of the molecule is Cc1ccc(C(=O)Nc2ccc(C)c(I)c2)cc1Br. The van der Waals surface area contributed by atoms with E-state index in [4.69, 9.17) is 0 Å². The number of nitrogens with one attached hydrogen (secondary N) is 1. The molecule has 0 spiro atoms. The van der Waals surface area contributed by atoms with E-state index in [9.17, 15) is 4.79 Å². The van der Waals surface area contributed by atoms with Crippen LogP contribution in [0.1, 0.15) is 21.5 Å². The van der Waals surface area contributed by atoms with Gasteiger partial charge in [0.2, 0.25) is 0 Å². The summed E-state index contributed by atoms with van der Waals surface area (Å²) in [7, 11) is 0. The van der Waals surface area contributed by atoms with E-state index in [2.05, 4.69) is 43.8 Å². The van der Waals surface area contributed by atoms with Gasteiger partial charge in [-0.15, -0.1) is 0 Å². The van der Waals surface area contributed by atoms with Crippen molar-refractivity contribution in [3.8, 4) is 0 Å². The number of benzene rings is 2. The minimum absolute atomic E-state index is 0.0969. The first kappa shape index (κ1) is 14.5. The van der Waals surface area contributed by atoms with Crippen LogP contribution in [0.5, 0.6) is 0 Å². The molecule has 0 aliphatic heterocycles. The molecule has 98 valence electrons. The van der Waals surface area contributed by atoms with Crippen molar-refractivity contribution in [2.75, 3.05) is 5.32 Å². The van der Waals surface area contributed by atoms with Gasteiger partial charge < -0.3 is 5.32 Å². The van der Waals surface area contributed by atoms with Gasteiger partial charge in [0.15, 0.2) is 0 Å². The van der Waals surface area contributed by atoms with E-state index >= 15 is 0 Å². The highest BCUT2D eigenvalue weighted by atomic mass is 127. The van der Waals surface area contributed by atoms with Gasteiger partial charge in [-0.05, 0) is 71.8 Å². The monoisotopic (exact) mass is 429 g/mol. The highest BCUT2D eigenvalue weighted by Crippen LogP contribution is 2.20. The van der Waals surface area contributed by atoms with E-state index < -0.39 is 0 Å². The third-order valence-corrected chi connectivity index (χ3v) is 4.88. The van der Waals surface area contributed by atoms with Crippen molar-refractivity contribution in [3.63, 3.8) is 0 Å². The van der Waals surface area contributed by atoms with Gasteiger partial charge in [0.05, 0.1) is 0 Å². The smallest absolute Gasteiger partial charge is 0.255 e. The number of carbonyl (C=O) groups is 1. The van der Waals surface area contributed by atoms with Crippen molar-refractivity contribution in [2.24, 2.45) is 0 Å². The Morgan fingerprint density at radius 3 is 2.42 bits per heavy atom. The summed E-state index contributed by atoms with van der Waals surface area (Å²) in [4.78, 5) is 12.1. The fraction of sp³-hybridized carbons (Fsp3) is 0.133. The predicted octanol–water partition coefficient (Wildman–Crippen LogP) is 4.92. The second-order valence-electron chi connectivity index (χ2n) is 4.38. The van der Waals surface area contributed by atoms with Gasteiger partial charge in [0, 0.05) is 19.3 Å². The molecular weight excluding hydrogens is 417 g/mol. The second-order valence-corrected chi connectivity index (χ2v) is 6.40. The lowest BCUT2D eigenvalue weighted by Crippen LogP contribution is -2.12. The molecular formula is C15H13BrINO. The van der Waals surface area contributed by atoms with Crippen molar-refractivity contribution in [1.82, 2.24) is 0 Å². The zero-order valence-corrected chi connectivity index (χ0v) is 14.4. The standard InChI is InChI=1S/C15H13BrINO/c1-9-3-5-11(7-13(9)16)15(19)18-12-6-4-10(2)14(17)8-12/h3-8H,1-2H3,(H,18,19). The predicted molar refractivity (Wildman–Crippen MR) is 90.7 cm³/mol. The lowest BCUT2D eigenvalue weighted by atomic mass is 10.1. The van der Waals surface area contributed by atoms with Gasteiger partial charge in [0.1, 0.15) is 0 Å². The Balaban J connectivity index is 2.20. The Morgan fingerprint density at radius 2 is 1.79 bits per heavy atom. The summed E-state index contributed by atoms with van der Waals surface area (Å²) in [5, 5.41) is 2.91. The van der Waals surface area contributed by atoms with Crippen molar-refractivity contribution in [2.45, 2.75) is 13.8 Å². The molecule has 2 aromatic carbocycles. The van der Waals surface area contributed by atoms with Crippen LogP contribution in [-0.2, 0) is 0 Å². The molecule has 0 aliphatic rings. The molecule has 0 unspecified atom stereocenters. The summed E-state index contributed by atoms with van der Waals surface area (Å²) in [6.07, 6.45) is 0. The number of aryl methyl sites for hydroxylation is 2. The zero-order valence-electron chi connectivity index (χ0n) is 10.6. The number of rotatable bonds is 2. The fourth-order valence-corrected chi connectivity index (χ4v) is 2.50. The minimum Gasteiger partial charge on any atom is -0.322 e.